The summed E-state index contributed by atoms with van der Waals surface area (Å²) in [7, 11) is 0. The Labute approximate surface area is 98.0 Å². The summed E-state index contributed by atoms with van der Waals surface area (Å²) in [5.41, 5.74) is 0. The van der Waals surface area contributed by atoms with Crippen molar-refractivity contribution in [2.45, 2.75) is 39.2 Å². The summed E-state index contributed by atoms with van der Waals surface area (Å²) in [5.74, 6) is 0.268. The van der Waals surface area contributed by atoms with Crippen molar-refractivity contribution in [3.8, 4) is 0 Å². The Morgan fingerprint density at radius 2 is 2.31 bits per heavy atom. The van der Waals surface area contributed by atoms with Crippen molar-refractivity contribution in [1.82, 2.24) is 10.2 Å². The Bertz CT molecular complexity index is 221. The van der Waals surface area contributed by atoms with E-state index in [1.54, 1.807) is 0 Å². The second-order valence-electron chi connectivity index (χ2n) is 4.67. The number of hydrogen-bond acceptors (Lipinski definition) is 3. The van der Waals surface area contributed by atoms with Gasteiger partial charge in [-0.25, -0.2) is 0 Å². The first kappa shape index (κ1) is 13.5. The number of aliphatic hydroxyl groups is 1. The molecule has 1 amide bonds. The molecule has 0 bridgehead atoms. The number of nitrogens with one attached hydrogen (secondary N) is 1. The Hall–Kier alpha value is -0.610. The number of likely N-dealkylation sites (tertiary alicyclic amines) is 1. The number of hydrogen-bond donors (Lipinski definition) is 2. The quantitative estimate of drug-likeness (QED) is 0.725. The number of likely N-dealkylation sites (N-methyl/N-ethyl adjacent to an activating group) is 1. The SMILES string of the molecule is CCN1CCCCC1C(=O)NCC(C)CO. The molecule has 0 saturated carbocycles. The van der Waals surface area contributed by atoms with Crippen LogP contribution in [0.25, 0.3) is 0 Å². The van der Waals surface area contributed by atoms with Gasteiger partial charge in [-0.1, -0.05) is 20.3 Å². The van der Waals surface area contributed by atoms with Crippen molar-refractivity contribution in [2.24, 2.45) is 5.92 Å². The summed E-state index contributed by atoms with van der Waals surface area (Å²) in [4.78, 5) is 14.2. The first-order valence-electron chi connectivity index (χ1n) is 6.31. The molecule has 0 aromatic heterocycles. The topological polar surface area (TPSA) is 52.6 Å². The maximum atomic E-state index is 12.0. The van der Waals surface area contributed by atoms with Crippen LogP contribution in [0.5, 0.6) is 0 Å². The van der Waals surface area contributed by atoms with Gasteiger partial charge in [0.1, 0.15) is 0 Å². The monoisotopic (exact) mass is 228 g/mol. The van der Waals surface area contributed by atoms with Crippen LogP contribution in [0.15, 0.2) is 0 Å². The highest BCUT2D eigenvalue weighted by Gasteiger charge is 2.27. The van der Waals surface area contributed by atoms with Crippen molar-refractivity contribution in [3.05, 3.63) is 0 Å². The summed E-state index contributed by atoms with van der Waals surface area (Å²) in [6.07, 6.45) is 3.31. The molecule has 2 N–H and O–H groups in total. The number of amides is 1. The third-order valence-electron chi connectivity index (χ3n) is 3.26. The number of carbonyl (C=O) groups is 1. The zero-order chi connectivity index (χ0) is 12.0. The number of aliphatic hydroxyl groups excluding tert-OH is 1. The molecule has 94 valence electrons. The average Bonchev–Trinajstić information content (AvgIpc) is 2.35. The molecule has 1 aliphatic heterocycles. The van der Waals surface area contributed by atoms with Gasteiger partial charge < -0.3 is 10.4 Å². The number of rotatable bonds is 5. The molecule has 4 nitrogen and oxygen atoms in total. The summed E-state index contributed by atoms with van der Waals surface area (Å²) in [6.45, 7) is 6.70. The molecule has 0 aromatic rings. The van der Waals surface area contributed by atoms with Gasteiger partial charge in [-0.2, -0.15) is 0 Å². The van der Waals surface area contributed by atoms with Gasteiger partial charge >= 0.3 is 0 Å². The first-order chi connectivity index (χ1) is 7.69. The lowest BCUT2D eigenvalue weighted by Gasteiger charge is -2.33. The summed E-state index contributed by atoms with van der Waals surface area (Å²) in [6, 6.07) is 0.0460. The van der Waals surface area contributed by atoms with E-state index >= 15 is 0 Å². The maximum absolute atomic E-state index is 12.0. The summed E-state index contributed by atoms with van der Waals surface area (Å²) >= 11 is 0. The number of nitrogens with zero attached hydrogens (tertiary/aromatic N) is 1. The Kier molecular flexibility index (Phi) is 5.77. The molecule has 0 spiro atoms. The fraction of sp³-hybridized carbons (Fsp3) is 0.917. The second-order valence-corrected chi connectivity index (χ2v) is 4.67. The van der Waals surface area contributed by atoms with E-state index in [0.29, 0.717) is 6.54 Å². The molecule has 0 aliphatic carbocycles. The Balaban J connectivity index is 2.38. The largest absolute Gasteiger partial charge is 0.396 e. The van der Waals surface area contributed by atoms with Gasteiger partial charge in [-0.05, 0) is 31.8 Å². The average molecular weight is 228 g/mol. The normalized spacial score (nSPS) is 24.1. The molecule has 0 aromatic carbocycles. The van der Waals surface area contributed by atoms with E-state index < -0.39 is 0 Å². The van der Waals surface area contributed by atoms with Crippen LogP contribution in [0.3, 0.4) is 0 Å². The van der Waals surface area contributed by atoms with E-state index in [0.717, 1.165) is 25.9 Å². The smallest absolute Gasteiger partial charge is 0.237 e. The lowest BCUT2D eigenvalue weighted by Crippen LogP contribution is -2.50. The van der Waals surface area contributed by atoms with E-state index in [9.17, 15) is 4.79 Å². The van der Waals surface area contributed by atoms with E-state index in [4.69, 9.17) is 5.11 Å². The van der Waals surface area contributed by atoms with Gasteiger partial charge in [0.25, 0.3) is 0 Å². The molecule has 16 heavy (non-hydrogen) atoms. The van der Waals surface area contributed by atoms with Gasteiger partial charge in [0.05, 0.1) is 6.04 Å². The van der Waals surface area contributed by atoms with E-state index in [1.165, 1.54) is 6.42 Å². The van der Waals surface area contributed by atoms with Gasteiger partial charge in [0.15, 0.2) is 0 Å². The summed E-state index contributed by atoms with van der Waals surface area (Å²) in [5, 5.41) is 11.8. The molecule has 1 rings (SSSR count). The Morgan fingerprint density at radius 3 is 2.94 bits per heavy atom. The van der Waals surface area contributed by atoms with Crippen molar-refractivity contribution >= 4 is 5.91 Å². The zero-order valence-electron chi connectivity index (χ0n) is 10.4. The van der Waals surface area contributed by atoms with Crippen LogP contribution in [0.1, 0.15) is 33.1 Å². The fourth-order valence-electron chi connectivity index (χ4n) is 2.12. The van der Waals surface area contributed by atoms with Crippen LogP contribution < -0.4 is 5.32 Å². The predicted octanol–water partition coefficient (Wildman–Crippen LogP) is 0.605. The van der Waals surface area contributed by atoms with Crippen LogP contribution in [-0.4, -0.2) is 48.2 Å². The van der Waals surface area contributed by atoms with E-state index in [-0.39, 0.29) is 24.5 Å². The van der Waals surface area contributed by atoms with Gasteiger partial charge in [-0.3, -0.25) is 9.69 Å². The number of piperidine rings is 1. The molecular weight excluding hydrogens is 204 g/mol. The highest BCUT2D eigenvalue weighted by Crippen LogP contribution is 2.16. The van der Waals surface area contributed by atoms with Crippen LogP contribution >= 0.6 is 0 Å². The van der Waals surface area contributed by atoms with Crippen LogP contribution in [0.4, 0.5) is 0 Å². The predicted molar refractivity (Wildman–Crippen MR) is 64.1 cm³/mol. The fourth-order valence-corrected chi connectivity index (χ4v) is 2.12. The zero-order valence-corrected chi connectivity index (χ0v) is 10.4. The molecule has 1 fully saturated rings. The van der Waals surface area contributed by atoms with Crippen LogP contribution in [0.2, 0.25) is 0 Å². The third-order valence-corrected chi connectivity index (χ3v) is 3.26. The van der Waals surface area contributed by atoms with Crippen molar-refractivity contribution in [3.63, 3.8) is 0 Å². The molecule has 1 saturated heterocycles. The molecule has 1 heterocycles. The Morgan fingerprint density at radius 1 is 1.56 bits per heavy atom. The molecule has 2 unspecified atom stereocenters. The van der Waals surface area contributed by atoms with Crippen LogP contribution in [0, 0.1) is 5.92 Å². The minimum atomic E-state index is 0.0460. The molecule has 4 heteroatoms. The minimum Gasteiger partial charge on any atom is -0.396 e. The molecular formula is C12H24N2O2. The summed E-state index contributed by atoms with van der Waals surface area (Å²) < 4.78 is 0. The van der Waals surface area contributed by atoms with Crippen molar-refractivity contribution in [2.75, 3.05) is 26.2 Å². The lowest BCUT2D eigenvalue weighted by molar-refractivity contribution is -0.127. The minimum absolute atomic E-state index is 0.0460. The lowest BCUT2D eigenvalue weighted by atomic mass is 10.0. The second kappa shape index (κ2) is 6.86. The molecule has 2 atom stereocenters. The number of carbonyl (C=O) groups excluding carboxylic acids is 1. The molecule has 1 aliphatic rings. The molecule has 0 radical (unpaired) electrons. The van der Waals surface area contributed by atoms with E-state index in [1.807, 2.05) is 6.92 Å². The first-order valence-corrected chi connectivity index (χ1v) is 6.31. The van der Waals surface area contributed by atoms with Gasteiger partial charge in [0.2, 0.25) is 5.91 Å². The van der Waals surface area contributed by atoms with Crippen LogP contribution in [-0.2, 0) is 4.79 Å². The standard InChI is InChI=1S/C12H24N2O2/c1-3-14-7-5-4-6-11(14)12(16)13-8-10(2)9-15/h10-11,15H,3-9H2,1-2H3,(H,13,16). The van der Waals surface area contributed by atoms with Crippen molar-refractivity contribution in [1.29, 1.82) is 0 Å². The van der Waals surface area contributed by atoms with Gasteiger partial charge in [0, 0.05) is 13.2 Å². The van der Waals surface area contributed by atoms with E-state index in [2.05, 4.69) is 17.1 Å². The van der Waals surface area contributed by atoms with Crippen molar-refractivity contribution < 1.29 is 9.90 Å². The van der Waals surface area contributed by atoms with Gasteiger partial charge in [-0.15, -0.1) is 0 Å². The highest BCUT2D eigenvalue weighted by atomic mass is 16.3. The highest BCUT2D eigenvalue weighted by molar-refractivity contribution is 5.81. The third kappa shape index (κ3) is 3.76. The maximum Gasteiger partial charge on any atom is 0.237 e.